The van der Waals surface area contributed by atoms with E-state index in [4.69, 9.17) is 29.9 Å². The highest BCUT2D eigenvalue weighted by atomic mass is 15.0. The summed E-state index contributed by atoms with van der Waals surface area (Å²) in [5.74, 6) is 3.79. The van der Waals surface area contributed by atoms with Gasteiger partial charge in [-0.25, -0.2) is 29.9 Å². The standard InChI is InChI=1S/C52H34N6/c1-5-16-37(17-6-1)47-53-48(38-18-7-2-8-19-38)56-51(55-47)41-32-30-35(31-33-41)44-28-14-24-36-25-15-29-45(46(36)44)42-26-13-27-43(34-42)52-57-49(39-20-9-3-10-21-39)54-50(58-52)40-22-11-4-12-23-40/h1-34H. The van der Waals surface area contributed by atoms with Crippen molar-refractivity contribution in [2.45, 2.75) is 0 Å². The monoisotopic (exact) mass is 742 g/mol. The molecule has 0 saturated carbocycles. The average Bonchev–Trinajstić information content (AvgIpc) is 3.32. The first-order valence-electron chi connectivity index (χ1n) is 19.2. The molecule has 0 radical (unpaired) electrons. The molecule has 0 saturated heterocycles. The van der Waals surface area contributed by atoms with Crippen LogP contribution in [0.25, 0.3) is 101 Å². The van der Waals surface area contributed by atoms with E-state index in [1.165, 1.54) is 5.39 Å². The van der Waals surface area contributed by atoms with E-state index in [0.29, 0.717) is 34.9 Å². The number of benzene rings is 8. The molecule has 2 aromatic heterocycles. The van der Waals surface area contributed by atoms with Gasteiger partial charge in [-0.3, -0.25) is 0 Å². The number of hydrogen-bond donors (Lipinski definition) is 0. The Labute approximate surface area is 336 Å². The molecule has 10 rings (SSSR count). The van der Waals surface area contributed by atoms with Crippen molar-refractivity contribution >= 4 is 10.8 Å². The molecular weight excluding hydrogens is 709 g/mol. The van der Waals surface area contributed by atoms with E-state index in [1.807, 2.05) is 121 Å². The minimum absolute atomic E-state index is 0.620. The van der Waals surface area contributed by atoms with E-state index < -0.39 is 0 Å². The fourth-order valence-electron chi connectivity index (χ4n) is 7.32. The lowest BCUT2D eigenvalue weighted by molar-refractivity contribution is 1.07. The van der Waals surface area contributed by atoms with Crippen LogP contribution < -0.4 is 0 Å². The lowest BCUT2D eigenvalue weighted by Crippen LogP contribution is -2.00. The predicted molar refractivity (Wildman–Crippen MR) is 234 cm³/mol. The minimum atomic E-state index is 0.620. The Hall–Kier alpha value is -7.96. The molecule has 0 atom stereocenters. The average molecular weight is 743 g/mol. The highest BCUT2D eigenvalue weighted by Crippen LogP contribution is 2.38. The molecule has 6 nitrogen and oxygen atoms in total. The van der Waals surface area contributed by atoms with E-state index in [-0.39, 0.29) is 0 Å². The third kappa shape index (κ3) is 6.91. The van der Waals surface area contributed by atoms with E-state index in [1.54, 1.807) is 0 Å². The first kappa shape index (κ1) is 34.5. The summed E-state index contributed by atoms with van der Waals surface area (Å²) in [7, 11) is 0. The molecular formula is C52H34N6. The maximum atomic E-state index is 5.00. The van der Waals surface area contributed by atoms with Crippen LogP contribution in [0.4, 0.5) is 0 Å². The fraction of sp³-hybridized carbons (Fsp3) is 0. The highest BCUT2D eigenvalue weighted by Gasteiger charge is 2.16. The highest BCUT2D eigenvalue weighted by molar-refractivity contribution is 6.06. The Bertz CT molecular complexity index is 2910. The smallest absolute Gasteiger partial charge is 0.164 e. The maximum absolute atomic E-state index is 5.00. The molecule has 0 spiro atoms. The van der Waals surface area contributed by atoms with E-state index in [0.717, 1.165) is 61.0 Å². The van der Waals surface area contributed by atoms with E-state index in [9.17, 15) is 0 Å². The zero-order valence-corrected chi connectivity index (χ0v) is 31.3. The van der Waals surface area contributed by atoms with E-state index >= 15 is 0 Å². The third-order valence-electron chi connectivity index (χ3n) is 10.2. The molecule has 0 unspecified atom stereocenters. The molecule has 0 aliphatic heterocycles. The molecule has 10 aromatic rings. The van der Waals surface area contributed by atoms with Gasteiger partial charge in [-0.05, 0) is 39.1 Å². The van der Waals surface area contributed by atoms with Gasteiger partial charge >= 0.3 is 0 Å². The van der Waals surface area contributed by atoms with Crippen LogP contribution in [0, 0.1) is 0 Å². The van der Waals surface area contributed by atoms with Crippen molar-refractivity contribution in [2.75, 3.05) is 0 Å². The molecule has 0 fully saturated rings. The van der Waals surface area contributed by atoms with Crippen molar-refractivity contribution in [1.82, 2.24) is 29.9 Å². The molecule has 6 heteroatoms. The quantitative estimate of drug-likeness (QED) is 0.154. The van der Waals surface area contributed by atoms with Crippen LogP contribution in [0.15, 0.2) is 206 Å². The van der Waals surface area contributed by atoms with Crippen molar-refractivity contribution in [2.24, 2.45) is 0 Å². The summed E-state index contributed by atoms with van der Waals surface area (Å²) >= 11 is 0. The normalized spacial score (nSPS) is 11.1. The molecule has 0 N–H and O–H groups in total. The number of fused-ring (bicyclic) bond motifs is 1. The van der Waals surface area contributed by atoms with Gasteiger partial charge < -0.3 is 0 Å². The van der Waals surface area contributed by atoms with Gasteiger partial charge in [-0.2, -0.15) is 0 Å². The third-order valence-corrected chi connectivity index (χ3v) is 10.2. The lowest BCUT2D eigenvalue weighted by atomic mass is 9.90. The fourth-order valence-corrected chi connectivity index (χ4v) is 7.32. The van der Waals surface area contributed by atoms with Crippen molar-refractivity contribution in [3.63, 3.8) is 0 Å². The molecule has 0 aliphatic rings. The summed E-state index contributed by atoms with van der Waals surface area (Å²) in [4.78, 5) is 29.7. The number of aromatic nitrogens is 6. The first-order chi connectivity index (χ1) is 28.7. The van der Waals surface area contributed by atoms with Gasteiger partial charge in [0.2, 0.25) is 0 Å². The van der Waals surface area contributed by atoms with Crippen LogP contribution in [0.3, 0.4) is 0 Å². The molecule has 58 heavy (non-hydrogen) atoms. The van der Waals surface area contributed by atoms with Crippen LogP contribution in [0.5, 0.6) is 0 Å². The van der Waals surface area contributed by atoms with Gasteiger partial charge in [0.1, 0.15) is 0 Å². The Morgan fingerprint density at radius 1 is 0.207 bits per heavy atom. The second-order valence-corrected chi connectivity index (χ2v) is 13.9. The largest absolute Gasteiger partial charge is 0.208 e. The summed E-state index contributed by atoms with van der Waals surface area (Å²) in [6, 6.07) is 70.2. The summed E-state index contributed by atoms with van der Waals surface area (Å²) in [5, 5.41) is 2.32. The van der Waals surface area contributed by atoms with Gasteiger partial charge in [0, 0.05) is 33.4 Å². The van der Waals surface area contributed by atoms with Crippen LogP contribution in [-0.4, -0.2) is 29.9 Å². The second kappa shape index (κ2) is 15.3. The topological polar surface area (TPSA) is 77.3 Å². The zero-order valence-electron chi connectivity index (χ0n) is 31.3. The van der Waals surface area contributed by atoms with Crippen molar-refractivity contribution in [1.29, 1.82) is 0 Å². The molecule has 272 valence electrons. The summed E-state index contributed by atoms with van der Waals surface area (Å²) in [5.41, 5.74) is 10.0. The Kier molecular flexibility index (Phi) is 9.10. The van der Waals surface area contributed by atoms with Crippen molar-refractivity contribution < 1.29 is 0 Å². The first-order valence-corrected chi connectivity index (χ1v) is 19.2. The molecule has 0 bridgehead atoms. The molecule has 0 aliphatic carbocycles. The van der Waals surface area contributed by atoms with Crippen LogP contribution in [-0.2, 0) is 0 Å². The van der Waals surface area contributed by atoms with Crippen LogP contribution in [0.2, 0.25) is 0 Å². The number of hydrogen-bond acceptors (Lipinski definition) is 6. The van der Waals surface area contributed by atoms with Crippen molar-refractivity contribution in [3.8, 4) is 90.6 Å². The SMILES string of the molecule is c1ccc(-c2nc(-c3ccccc3)nc(-c3ccc(-c4cccc5cccc(-c6cccc(-c7nc(-c8ccccc8)nc(-c8ccccc8)n7)c6)c45)cc3)n2)cc1. The maximum Gasteiger partial charge on any atom is 0.164 e. The van der Waals surface area contributed by atoms with Gasteiger partial charge in [0.05, 0.1) is 0 Å². The summed E-state index contributed by atoms with van der Waals surface area (Å²) in [6.07, 6.45) is 0. The molecule has 8 aromatic carbocycles. The van der Waals surface area contributed by atoms with Gasteiger partial charge in [-0.15, -0.1) is 0 Å². The van der Waals surface area contributed by atoms with Gasteiger partial charge in [-0.1, -0.05) is 200 Å². The minimum Gasteiger partial charge on any atom is -0.208 e. The van der Waals surface area contributed by atoms with Crippen molar-refractivity contribution in [3.05, 3.63) is 206 Å². The summed E-state index contributed by atoms with van der Waals surface area (Å²) in [6.45, 7) is 0. The summed E-state index contributed by atoms with van der Waals surface area (Å²) < 4.78 is 0. The Balaban J connectivity index is 1.05. The zero-order chi connectivity index (χ0) is 38.7. The van der Waals surface area contributed by atoms with E-state index in [2.05, 4.69) is 84.9 Å². The van der Waals surface area contributed by atoms with Gasteiger partial charge in [0.25, 0.3) is 0 Å². The van der Waals surface area contributed by atoms with Crippen LogP contribution in [0.1, 0.15) is 0 Å². The molecule has 0 amide bonds. The number of rotatable bonds is 8. The van der Waals surface area contributed by atoms with Crippen LogP contribution >= 0.6 is 0 Å². The predicted octanol–water partition coefficient (Wildman–Crippen LogP) is 12.5. The second-order valence-electron chi connectivity index (χ2n) is 13.9. The Morgan fingerprint density at radius 2 is 0.500 bits per heavy atom. The van der Waals surface area contributed by atoms with Gasteiger partial charge in [0.15, 0.2) is 34.9 Å². The number of nitrogens with zero attached hydrogens (tertiary/aromatic N) is 6. The lowest BCUT2D eigenvalue weighted by Gasteiger charge is -2.14. The Morgan fingerprint density at radius 3 is 0.914 bits per heavy atom. The molecule has 2 heterocycles.